The van der Waals surface area contributed by atoms with Gasteiger partial charge >= 0.3 is 6.18 Å². The lowest BCUT2D eigenvalue weighted by Gasteiger charge is -2.18. The number of carbonyl (C=O) groups excluding carboxylic acids is 1. The molecule has 0 radical (unpaired) electrons. The Kier molecular flexibility index (Phi) is 5.84. The zero-order chi connectivity index (χ0) is 17.6. The van der Waals surface area contributed by atoms with Gasteiger partial charge in [0.25, 0.3) is 0 Å². The van der Waals surface area contributed by atoms with E-state index in [2.05, 4.69) is 5.32 Å². The lowest BCUT2D eigenvalue weighted by molar-refractivity contribution is -0.153. The molecule has 1 atom stereocenters. The van der Waals surface area contributed by atoms with E-state index in [4.69, 9.17) is 4.74 Å². The SMILES string of the molecule is CCC(C(=O)Nc1ccccc1OCC(F)(F)F)c1ccccc1. The van der Waals surface area contributed by atoms with Gasteiger partial charge in [-0.15, -0.1) is 0 Å². The average molecular weight is 337 g/mol. The Morgan fingerprint density at radius 2 is 1.71 bits per heavy atom. The molecule has 128 valence electrons. The Labute approximate surface area is 138 Å². The van der Waals surface area contributed by atoms with Crippen molar-refractivity contribution in [2.75, 3.05) is 11.9 Å². The number of hydrogen-bond acceptors (Lipinski definition) is 2. The minimum absolute atomic E-state index is 0.00825. The minimum Gasteiger partial charge on any atom is -0.482 e. The third-order valence-corrected chi connectivity index (χ3v) is 3.46. The molecule has 0 fully saturated rings. The van der Waals surface area contributed by atoms with E-state index in [0.29, 0.717) is 6.42 Å². The minimum atomic E-state index is -4.44. The Morgan fingerprint density at radius 3 is 2.33 bits per heavy atom. The maximum atomic E-state index is 12.5. The van der Waals surface area contributed by atoms with Crippen molar-refractivity contribution in [3.63, 3.8) is 0 Å². The van der Waals surface area contributed by atoms with E-state index in [1.54, 1.807) is 12.1 Å². The van der Waals surface area contributed by atoms with Crippen molar-refractivity contribution in [1.82, 2.24) is 0 Å². The van der Waals surface area contributed by atoms with Crippen molar-refractivity contribution in [2.24, 2.45) is 0 Å². The first-order valence-corrected chi connectivity index (χ1v) is 7.55. The molecule has 0 aliphatic heterocycles. The molecule has 1 amide bonds. The van der Waals surface area contributed by atoms with Gasteiger partial charge in [-0.05, 0) is 24.1 Å². The van der Waals surface area contributed by atoms with Gasteiger partial charge in [-0.2, -0.15) is 13.2 Å². The summed E-state index contributed by atoms with van der Waals surface area (Å²) in [5.41, 5.74) is 1.08. The molecule has 1 unspecified atom stereocenters. The summed E-state index contributed by atoms with van der Waals surface area (Å²) in [6.07, 6.45) is -3.87. The first kappa shape index (κ1) is 17.8. The topological polar surface area (TPSA) is 38.3 Å². The van der Waals surface area contributed by atoms with Crippen LogP contribution in [0.4, 0.5) is 18.9 Å². The normalized spacial score (nSPS) is 12.5. The standard InChI is InChI=1S/C18H18F3NO2/c1-2-14(13-8-4-3-5-9-13)17(23)22-15-10-6-7-11-16(15)24-12-18(19,20)21/h3-11,14H,2,12H2,1H3,(H,22,23). The van der Waals surface area contributed by atoms with Gasteiger partial charge in [0.1, 0.15) is 5.75 Å². The third-order valence-electron chi connectivity index (χ3n) is 3.46. The Balaban J connectivity index is 2.13. The molecule has 3 nitrogen and oxygen atoms in total. The predicted octanol–water partition coefficient (Wildman–Crippen LogP) is 4.76. The first-order chi connectivity index (χ1) is 11.4. The lowest BCUT2D eigenvalue weighted by Crippen LogP contribution is -2.22. The van der Waals surface area contributed by atoms with Crippen molar-refractivity contribution in [3.05, 3.63) is 60.2 Å². The fourth-order valence-corrected chi connectivity index (χ4v) is 2.33. The number of para-hydroxylation sites is 2. The molecular formula is C18H18F3NO2. The number of benzene rings is 2. The van der Waals surface area contributed by atoms with Crippen LogP contribution in [0.25, 0.3) is 0 Å². The molecule has 6 heteroatoms. The second kappa shape index (κ2) is 7.86. The van der Waals surface area contributed by atoms with Crippen LogP contribution in [0.3, 0.4) is 0 Å². The molecule has 0 saturated heterocycles. The number of ether oxygens (including phenoxy) is 1. The highest BCUT2D eigenvalue weighted by Gasteiger charge is 2.29. The molecule has 0 saturated carbocycles. The molecule has 0 heterocycles. The number of hydrogen-bond donors (Lipinski definition) is 1. The van der Waals surface area contributed by atoms with Gasteiger partial charge in [-0.25, -0.2) is 0 Å². The summed E-state index contributed by atoms with van der Waals surface area (Å²) in [4.78, 5) is 12.5. The predicted molar refractivity (Wildman–Crippen MR) is 86.1 cm³/mol. The summed E-state index contributed by atoms with van der Waals surface area (Å²) in [6, 6.07) is 15.3. The molecule has 1 N–H and O–H groups in total. The molecule has 0 aliphatic carbocycles. The van der Waals surface area contributed by atoms with E-state index in [0.717, 1.165) is 5.56 Å². The largest absolute Gasteiger partial charge is 0.482 e. The number of halogens is 3. The van der Waals surface area contributed by atoms with E-state index in [1.807, 2.05) is 37.3 Å². The van der Waals surface area contributed by atoms with Crippen molar-refractivity contribution < 1.29 is 22.7 Å². The number of anilines is 1. The van der Waals surface area contributed by atoms with Crippen LogP contribution in [-0.2, 0) is 4.79 Å². The molecule has 2 aromatic carbocycles. The van der Waals surface area contributed by atoms with Crippen molar-refractivity contribution in [1.29, 1.82) is 0 Å². The van der Waals surface area contributed by atoms with Gasteiger partial charge < -0.3 is 10.1 Å². The van der Waals surface area contributed by atoms with Crippen molar-refractivity contribution in [3.8, 4) is 5.75 Å². The van der Waals surface area contributed by atoms with Gasteiger partial charge in [0.05, 0.1) is 11.6 Å². The average Bonchev–Trinajstić information content (AvgIpc) is 2.55. The van der Waals surface area contributed by atoms with Crippen LogP contribution in [0, 0.1) is 0 Å². The Morgan fingerprint density at radius 1 is 1.08 bits per heavy atom. The fourth-order valence-electron chi connectivity index (χ4n) is 2.33. The van der Waals surface area contributed by atoms with Crippen molar-refractivity contribution in [2.45, 2.75) is 25.4 Å². The summed E-state index contributed by atoms with van der Waals surface area (Å²) in [5.74, 6) is -0.681. The third kappa shape index (κ3) is 5.01. The quantitative estimate of drug-likeness (QED) is 0.825. The van der Waals surface area contributed by atoms with Crippen LogP contribution in [0.2, 0.25) is 0 Å². The second-order valence-corrected chi connectivity index (χ2v) is 5.26. The summed E-state index contributed by atoms with van der Waals surface area (Å²) >= 11 is 0. The zero-order valence-electron chi connectivity index (χ0n) is 13.1. The molecule has 0 aliphatic rings. The van der Waals surface area contributed by atoms with E-state index in [9.17, 15) is 18.0 Å². The molecule has 0 aromatic heterocycles. The van der Waals surface area contributed by atoms with Crippen LogP contribution in [-0.4, -0.2) is 18.7 Å². The van der Waals surface area contributed by atoms with E-state index in [1.165, 1.54) is 12.1 Å². The van der Waals surface area contributed by atoms with Gasteiger partial charge in [0, 0.05) is 0 Å². The highest BCUT2D eigenvalue weighted by atomic mass is 19.4. The molecule has 0 bridgehead atoms. The summed E-state index contributed by atoms with van der Waals surface area (Å²) in [6.45, 7) is 0.471. The number of carbonyl (C=O) groups is 1. The molecule has 2 rings (SSSR count). The number of rotatable bonds is 6. The Hall–Kier alpha value is -2.50. The number of nitrogens with one attached hydrogen (secondary N) is 1. The van der Waals surface area contributed by atoms with Crippen LogP contribution in [0.1, 0.15) is 24.8 Å². The van der Waals surface area contributed by atoms with E-state index in [-0.39, 0.29) is 23.3 Å². The van der Waals surface area contributed by atoms with E-state index >= 15 is 0 Å². The lowest BCUT2D eigenvalue weighted by atomic mass is 9.95. The monoisotopic (exact) mass is 337 g/mol. The van der Waals surface area contributed by atoms with Gasteiger partial charge in [0.2, 0.25) is 5.91 Å². The molecule has 0 spiro atoms. The maximum Gasteiger partial charge on any atom is 0.422 e. The smallest absolute Gasteiger partial charge is 0.422 e. The summed E-state index contributed by atoms with van der Waals surface area (Å²) in [5, 5.41) is 2.66. The summed E-state index contributed by atoms with van der Waals surface area (Å²) < 4.78 is 41.8. The van der Waals surface area contributed by atoms with Gasteiger partial charge in [-0.1, -0.05) is 49.4 Å². The van der Waals surface area contributed by atoms with Gasteiger partial charge in [0.15, 0.2) is 6.61 Å². The first-order valence-electron chi connectivity index (χ1n) is 7.55. The zero-order valence-corrected chi connectivity index (χ0v) is 13.1. The van der Waals surface area contributed by atoms with E-state index < -0.39 is 12.8 Å². The molecule has 24 heavy (non-hydrogen) atoms. The highest BCUT2D eigenvalue weighted by molar-refractivity contribution is 5.97. The second-order valence-electron chi connectivity index (χ2n) is 5.26. The fraction of sp³-hybridized carbons (Fsp3) is 0.278. The van der Waals surface area contributed by atoms with Crippen LogP contribution < -0.4 is 10.1 Å². The van der Waals surface area contributed by atoms with Crippen LogP contribution in [0.15, 0.2) is 54.6 Å². The molecular weight excluding hydrogens is 319 g/mol. The Bertz CT molecular complexity index is 671. The molecule has 2 aromatic rings. The van der Waals surface area contributed by atoms with Crippen LogP contribution >= 0.6 is 0 Å². The van der Waals surface area contributed by atoms with Gasteiger partial charge in [-0.3, -0.25) is 4.79 Å². The van der Waals surface area contributed by atoms with Crippen LogP contribution in [0.5, 0.6) is 5.75 Å². The summed E-state index contributed by atoms with van der Waals surface area (Å²) in [7, 11) is 0. The number of alkyl halides is 3. The maximum absolute atomic E-state index is 12.5. The number of amides is 1. The van der Waals surface area contributed by atoms with Crippen molar-refractivity contribution >= 4 is 11.6 Å². The highest BCUT2D eigenvalue weighted by Crippen LogP contribution is 2.28.